The first-order valence-corrected chi connectivity index (χ1v) is 7.81. The van der Waals surface area contributed by atoms with Crippen molar-refractivity contribution < 1.29 is 13.7 Å². The minimum atomic E-state index is -0.266. The molecular weight excluding hydrogens is 282 g/mol. The molecule has 1 saturated carbocycles. The van der Waals surface area contributed by atoms with E-state index in [1.165, 1.54) is 12.5 Å². The van der Waals surface area contributed by atoms with Crippen molar-refractivity contribution in [2.45, 2.75) is 43.9 Å². The van der Waals surface area contributed by atoms with E-state index in [2.05, 4.69) is 17.1 Å². The molecule has 2 aromatic rings. The highest BCUT2D eigenvalue weighted by Gasteiger charge is 2.40. The molecule has 6 heteroatoms. The van der Waals surface area contributed by atoms with Gasteiger partial charge in [-0.15, -0.1) is 0 Å². The number of likely N-dealkylation sites (tertiary alicyclic amines) is 1. The smallest absolute Gasteiger partial charge is 0.257 e. The molecule has 1 amide bonds. The molecule has 2 aliphatic rings. The molecule has 1 unspecified atom stereocenters. The van der Waals surface area contributed by atoms with E-state index in [1.54, 1.807) is 6.07 Å². The predicted octanol–water partition coefficient (Wildman–Crippen LogP) is 2.73. The van der Waals surface area contributed by atoms with Crippen LogP contribution in [-0.2, 0) is 5.41 Å². The van der Waals surface area contributed by atoms with Crippen LogP contribution in [0.2, 0.25) is 0 Å². The third kappa shape index (κ3) is 2.32. The molecule has 3 heterocycles. The van der Waals surface area contributed by atoms with Crippen LogP contribution < -0.4 is 0 Å². The van der Waals surface area contributed by atoms with Gasteiger partial charge in [0, 0.05) is 19.0 Å². The standard InChI is InChI=1S/C16H19N3O3/c1-16(15-17-13(18-22-15)11-3-4-11)6-2-7-19(10-16)14(20)12-5-8-21-9-12/h5,8-9,11H,2-4,6-7,10H2,1H3. The Balaban J connectivity index is 1.54. The molecule has 1 aliphatic carbocycles. The fourth-order valence-corrected chi connectivity index (χ4v) is 3.14. The SMILES string of the molecule is CC1(c2nc(C3CC3)no2)CCCN(C(=O)c2ccoc2)C1. The lowest BCUT2D eigenvalue weighted by molar-refractivity contribution is 0.0619. The van der Waals surface area contributed by atoms with Crippen LogP contribution in [0.3, 0.4) is 0 Å². The Bertz CT molecular complexity index is 675. The zero-order valence-electron chi connectivity index (χ0n) is 12.6. The number of amides is 1. The summed E-state index contributed by atoms with van der Waals surface area (Å²) in [5.74, 6) is 1.98. The van der Waals surface area contributed by atoms with Gasteiger partial charge in [0.2, 0.25) is 5.89 Å². The van der Waals surface area contributed by atoms with Crippen LogP contribution in [0.25, 0.3) is 0 Å². The van der Waals surface area contributed by atoms with Crippen molar-refractivity contribution in [3.63, 3.8) is 0 Å². The van der Waals surface area contributed by atoms with Gasteiger partial charge in [0.15, 0.2) is 5.82 Å². The second-order valence-electron chi connectivity index (χ2n) is 6.63. The van der Waals surface area contributed by atoms with Crippen LogP contribution in [0.1, 0.15) is 60.6 Å². The van der Waals surface area contributed by atoms with E-state index in [0.29, 0.717) is 23.9 Å². The molecule has 2 fully saturated rings. The van der Waals surface area contributed by atoms with Crippen molar-refractivity contribution in [2.24, 2.45) is 0 Å². The number of rotatable bonds is 3. The summed E-state index contributed by atoms with van der Waals surface area (Å²) in [5.41, 5.74) is 0.325. The summed E-state index contributed by atoms with van der Waals surface area (Å²) in [6.45, 7) is 3.46. The van der Waals surface area contributed by atoms with Crippen molar-refractivity contribution in [1.82, 2.24) is 15.0 Å². The number of hydrogen-bond acceptors (Lipinski definition) is 5. The summed E-state index contributed by atoms with van der Waals surface area (Å²) >= 11 is 0. The second kappa shape index (κ2) is 4.97. The molecule has 1 saturated heterocycles. The summed E-state index contributed by atoms with van der Waals surface area (Å²) in [6.07, 6.45) is 7.21. The number of furan rings is 1. The van der Waals surface area contributed by atoms with Gasteiger partial charge in [-0.05, 0) is 38.7 Å². The molecule has 0 bridgehead atoms. The molecule has 1 aliphatic heterocycles. The largest absolute Gasteiger partial charge is 0.472 e. The highest BCUT2D eigenvalue weighted by atomic mass is 16.5. The molecule has 0 spiro atoms. The topological polar surface area (TPSA) is 72.4 Å². The number of hydrogen-bond donors (Lipinski definition) is 0. The van der Waals surface area contributed by atoms with E-state index < -0.39 is 0 Å². The van der Waals surface area contributed by atoms with Gasteiger partial charge in [0.05, 0.1) is 17.2 Å². The number of nitrogens with zero attached hydrogens (tertiary/aromatic N) is 3. The Morgan fingerprint density at radius 2 is 2.32 bits per heavy atom. The molecule has 116 valence electrons. The molecule has 2 aromatic heterocycles. The summed E-state index contributed by atoms with van der Waals surface area (Å²) in [5, 5.41) is 4.11. The Kier molecular flexibility index (Phi) is 3.06. The lowest BCUT2D eigenvalue weighted by Gasteiger charge is -2.37. The lowest BCUT2D eigenvalue weighted by atomic mass is 9.81. The van der Waals surface area contributed by atoms with Crippen molar-refractivity contribution in [3.8, 4) is 0 Å². The monoisotopic (exact) mass is 301 g/mol. The Hall–Kier alpha value is -2.11. The van der Waals surface area contributed by atoms with Crippen LogP contribution in [0, 0.1) is 0 Å². The summed E-state index contributed by atoms with van der Waals surface area (Å²) in [6, 6.07) is 1.70. The Labute approximate surface area is 128 Å². The van der Waals surface area contributed by atoms with E-state index in [-0.39, 0.29) is 11.3 Å². The van der Waals surface area contributed by atoms with Gasteiger partial charge in [-0.25, -0.2) is 0 Å². The van der Waals surface area contributed by atoms with Crippen LogP contribution in [0.5, 0.6) is 0 Å². The molecule has 0 aromatic carbocycles. The minimum absolute atomic E-state index is 0.00149. The van der Waals surface area contributed by atoms with Gasteiger partial charge >= 0.3 is 0 Å². The molecule has 0 radical (unpaired) electrons. The van der Waals surface area contributed by atoms with Gasteiger partial charge < -0.3 is 13.8 Å². The molecular formula is C16H19N3O3. The fraction of sp³-hybridized carbons (Fsp3) is 0.562. The molecule has 1 atom stereocenters. The maximum atomic E-state index is 12.5. The zero-order valence-corrected chi connectivity index (χ0v) is 12.6. The summed E-state index contributed by atoms with van der Waals surface area (Å²) < 4.78 is 10.5. The third-order valence-electron chi connectivity index (χ3n) is 4.65. The minimum Gasteiger partial charge on any atom is -0.472 e. The Morgan fingerprint density at radius 1 is 1.45 bits per heavy atom. The molecule has 22 heavy (non-hydrogen) atoms. The van der Waals surface area contributed by atoms with E-state index in [1.807, 2.05) is 4.90 Å². The van der Waals surface area contributed by atoms with Crippen molar-refractivity contribution in [3.05, 3.63) is 35.9 Å². The van der Waals surface area contributed by atoms with Crippen LogP contribution in [0.15, 0.2) is 27.5 Å². The van der Waals surface area contributed by atoms with Gasteiger partial charge in [-0.1, -0.05) is 5.16 Å². The highest BCUT2D eigenvalue weighted by Crippen LogP contribution is 2.40. The lowest BCUT2D eigenvalue weighted by Crippen LogP contribution is -2.47. The quantitative estimate of drug-likeness (QED) is 0.871. The first kappa shape index (κ1) is 13.5. The van der Waals surface area contributed by atoms with Gasteiger partial charge in [0.1, 0.15) is 6.26 Å². The maximum Gasteiger partial charge on any atom is 0.257 e. The second-order valence-corrected chi connectivity index (χ2v) is 6.63. The average Bonchev–Trinajstić information content (AvgIpc) is 3.05. The zero-order chi connectivity index (χ0) is 15.2. The number of carbonyl (C=O) groups excluding carboxylic acids is 1. The molecule has 0 N–H and O–H groups in total. The Morgan fingerprint density at radius 3 is 3.05 bits per heavy atom. The molecule has 6 nitrogen and oxygen atoms in total. The highest BCUT2D eigenvalue weighted by molar-refractivity contribution is 5.93. The number of aromatic nitrogens is 2. The number of carbonyl (C=O) groups is 1. The van der Waals surface area contributed by atoms with Gasteiger partial charge in [0.25, 0.3) is 5.91 Å². The third-order valence-corrected chi connectivity index (χ3v) is 4.65. The van der Waals surface area contributed by atoms with Crippen molar-refractivity contribution in [2.75, 3.05) is 13.1 Å². The van der Waals surface area contributed by atoms with Gasteiger partial charge in [-0.2, -0.15) is 4.98 Å². The van der Waals surface area contributed by atoms with E-state index in [0.717, 1.165) is 38.1 Å². The fourth-order valence-electron chi connectivity index (χ4n) is 3.14. The summed E-state index contributed by atoms with van der Waals surface area (Å²) in [7, 11) is 0. The van der Waals surface area contributed by atoms with E-state index in [4.69, 9.17) is 8.94 Å². The first-order chi connectivity index (χ1) is 10.7. The van der Waals surface area contributed by atoms with Crippen molar-refractivity contribution in [1.29, 1.82) is 0 Å². The first-order valence-electron chi connectivity index (χ1n) is 7.81. The van der Waals surface area contributed by atoms with Gasteiger partial charge in [-0.3, -0.25) is 4.79 Å². The predicted molar refractivity (Wildman–Crippen MR) is 77.5 cm³/mol. The van der Waals surface area contributed by atoms with E-state index in [9.17, 15) is 4.79 Å². The average molecular weight is 301 g/mol. The molecule has 4 rings (SSSR count). The van der Waals surface area contributed by atoms with E-state index >= 15 is 0 Å². The van der Waals surface area contributed by atoms with Crippen LogP contribution >= 0.6 is 0 Å². The maximum absolute atomic E-state index is 12.5. The normalized spacial score (nSPS) is 25.4. The van der Waals surface area contributed by atoms with Crippen LogP contribution in [-0.4, -0.2) is 34.0 Å². The summed E-state index contributed by atoms with van der Waals surface area (Å²) in [4.78, 5) is 18.9. The number of piperidine rings is 1. The van der Waals surface area contributed by atoms with Crippen molar-refractivity contribution >= 4 is 5.91 Å². The van der Waals surface area contributed by atoms with Crippen LogP contribution in [0.4, 0.5) is 0 Å².